The Kier molecular flexibility index (Phi) is 3.19. The number of hydrogen-bond acceptors (Lipinski definition) is 6. The summed E-state index contributed by atoms with van der Waals surface area (Å²) in [5.74, 6) is 1.24. The molecule has 0 bridgehead atoms. The fourth-order valence-electron chi connectivity index (χ4n) is 2.18. The molecular weight excluding hydrogens is 256 g/mol. The van der Waals surface area contributed by atoms with Crippen LogP contribution in [0.1, 0.15) is 23.0 Å². The molecule has 7 nitrogen and oxygen atoms in total. The third-order valence-corrected chi connectivity index (χ3v) is 3.10. The topological polar surface area (TPSA) is 81.7 Å². The summed E-state index contributed by atoms with van der Waals surface area (Å²) in [6.45, 7) is 5.04. The van der Waals surface area contributed by atoms with Crippen LogP contribution in [0.25, 0.3) is 11.0 Å². The number of pyridine rings is 1. The molecule has 0 unspecified atom stereocenters. The molecule has 0 aliphatic heterocycles. The van der Waals surface area contributed by atoms with Crippen molar-refractivity contribution < 1.29 is 4.52 Å². The van der Waals surface area contributed by atoms with Crippen LogP contribution in [0.3, 0.4) is 0 Å². The van der Waals surface area contributed by atoms with Crippen LogP contribution in [0.5, 0.6) is 0 Å². The molecule has 104 valence electrons. The van der Waals surface area contributed by atoms with Crippen molar-refractivity contribution in [3.05, 3.63) is 35.2 Å². The average molecular weight is 272 g/mol. The third-order valence-electron chi connectivity index (χ3n) is 3.10. The lowest BCUT2D eigenvalue weighted by atomic mass is 10.2. The van der Waals surface area contributed by atoms with Crippen molar-refractivity contribution in [1.29, 1.82) is 0 Å². The lowest BCUT2D eigenvalue weighted by Crippen LogP contribution is -2.13. The summed E-state index contributed by atoms with van der Waals surface area (Å²) in [6, 6.07) is 2.11. The molecule has 0 aliphatic rings. The molecule has 3 heterocycles. The minimum atomic E-state index is 0.571. The molecule has 0 fully saturated rings. The number of nitrogens with zero attached hydrogens (tertiary/aromatic N) is 5. The molecule has 20 heavy (non-hydrogen) atoms. The summed E-state index contributed by atoms with van der Waals surface area (Å²) in [5, 5.41) is 12.6. The van der Waals surface area contributed by atoms with Gasteiger partial charge in [0.25, 0.3) is 0 Å². The summed E-state index contributed by atoms with van der Waals surface area (Å²) in [5.41, 5.74) is 3.00. The third kappa shape index (κ3) is 2.39. The Morgan fingerprint density at radius 1 is 1.30 bits per heavy atom. The number of aryl methyl sites for hydroxylation is 3. The highest BCUT2D eigenvalue weighted by atomic mass is 16.5. The van der Waals surface area contributed by atoms with Crippen molar-refractivity contribution in [2.45, 2.75) is 26.9 Å². The Bertz CT molecular complexity index is 744. The monoisotopic (exact) mass is 272 g/mol. The number of rotatable bonds is 4. The maximum Gasteiger partial charge on any atom is 0.223 e. The molecule has 0 radical (unpaired) electrons. The van der Waals surface area contributed by atoms with Crippen LogP contribution in [0.2, 0.25) is 0 Å². The number of fused-ring (bicyclic) bond motifs is 1. The second-order valence-electron chi connectivity index (χ2n) is 4.76. The molecule has 0 saturated heterocycles. The standard InChI is InChI=1S/C13H16N6O/c1-8-11-4-10(6-15-13(11)19(3)17-8)5-14-7-12-16-9(2)20-18-12/h4,6,14H,5,7H2,1-3H3. The smallest absolute Gasteiger partial charge is 0.223 e. The van der Waals surface area contributed by atoms with Gasteiger partial charge in [-0.1, -0.05) is 5.16 Å². The minimum Gasteiger partial charge on any atom is -0.340 e. The molecule has 1 N–H and O–H groups in total. The van der Waals surface area contributed by atoms with Crippen LogP contribution in [0, 0.1) is 13.8 Å². The van der Waals surface area contributed by atoms with Crippen molar-refractivity contribution >= 4 is 11.0 Å². The minimum absolute atomic E-state index is 0.571. The highest BCUT2D eigenvalue weighted by Gasteiger charge is 2.07. The zero-order valence-corrected chi connectivity index (χ0v) is 11.7. The van der Waals surface area contributed by atoms with E-state index in [1.54, 1.807) is 11.6 Å². The van der Waals surface area contributed by atoms with E-state index in [4.69, 9.17) is 4.52 Å². The highest BCUT2D eigenvalue weighted by Crippen LogP contribution is 2.16. The molecule has 0 atom stereocenters. The van der Waals surface area contributed by atoms with Gasteiger partial charge in [-0.2, -0.15) is 10.1 Å². The summed E-state index contributed by atoms with van der Waals surface area (Å²) < 4.78 is 6.71. The summed E-state index contributed by atoms with van der Waals surface area (Å²) in [6.07, 6.45) is 1.86. The fourth-order valence-corrected chi connectivity index (χ4v) is 2.18. The van der Waals surface area contributed by atoms with Crippen LogP contribution < -0.4 is 5.32 Å². The van der Waals surface area contributed by atoms with Gasteiger partial charge in [0.2, 0.25) is 5.89 Å². The average Bonchev–Trinajstić information content (AvgIpc) is 2.95. The predicted octanol–water partition coefficient (Wildman–Crippen LogP) is 1.26. The Morgan fingerprint density at radius 3 is 2.90 bits per heavy atom. The van der Waals surface area contributed by atoms with Crippen molar-refractivity contribution in [2.75, 3.05) is 0 Å². The van der Waals surface area contributed by atoms with Crippen molar-refractivity contribution in [2.24, 2.45) is 7.05 Å². The van der Waals surface area contributed by atoms with Gasteiger partial charge in [-0.15, -0.1) is 0 Å². The second kappa shape index (κ2) is 5.01. The molecular formula is C13H16N6O. The zero-order valence-electron chi connectivity index (χ0n) is 11.7. The van der Waals surface area contributed by atoms with Gasteiger partial charge in [0.1, 0.15) is 0 Å². The van der Waals surface area contributed by atoms with Gasteiger partial charge in [0, 0.05) is 32.1 Å². The van der Waals surface area contributed by atoms with Crippen LogP contribution >= 0.6 is 0 Å². The summed E-state index contributed by atoms with van der Waals surface area (Å²) in [4.78, 5) is 8.58. The van der Waals surface area contributed by atoms with E-state index < -0.39 is 0 Å². The lowest BCUT2D eigenvalue weighted by molar-refractivity contribution is 0.385. The van der Waals surface area contributed by atoms with E-state index in [2.05, 4.69) is 31.6 Å². The van der Waals surface area contributed by atoms with Crippen LogP contribution in [-0.4, -0.2) is 24.9 Å². The molecule has 0 aromatic carbocycles. The molecule has 0 amide bonds. The molecule has 0 saturated carbocycles. The highest BCUT2D eigenvalue weighted by molar-refractivity contribution is 5.78. The zero-order chi connectivity index (χ0) is 14.1. The van der Waals surface area contributed by atoms with Gasteiger partial charge in [0.15, 0.2) is 11.5 Å². The number of aromatic nitrogens is 5. The van der Waals surface area contributed by atoms with Crippen molar-refractivity contribution in [3.8, 4) is 0 Å². The van der Waals surface area contributed by atoms with E-state index in [-0.39, 0.29) is 0 Å². The van der Waals surface area contributed by atoms with E-state index in [0.717, 1.165) is 22.3 Å². The Hall–Kier alpha value is -2.28. The van der Waals surface area contributed by atoms with Gasteiger partial charge in [-0.05, 0) is 18.6 Å². The molecule has 0 spiro atoms. The molecule has 0 aliphatic carbocycles. The first kappa shape index (κ1) is 12.7. The Morgan fingerprint density at radius 2 is 2.15 bits per heavy atom. The summed E-state index contributed by atoms with van der Waals surface area (Å²) >= 11 is 0. The first-order valence-corrected chi connectivity index (χ1v) is 6.41. The quantitative estimate of drug-likeness (QED) is 0.770. The van der Waals surface area contributed by atoms with Gasteiger partial charge in [-0.3, -0.25) is 4.68 Å². The van der Waals surface area contributed by atoms with Crippen LogP contribution in [0.15, 0.2) is 16.8 Å². The van der Waals surface area contributed by atoms with Gasteiger partial charge >= 0.3 is 0 Å². The molecule has 3 aromatic rings. The van der Waals surface area contributed by atoms with Gasteiger partial charge < -0.3 is 9.84 Å². The molecule has 7 heteroatoms. The van der Waals surface area contributed by atoms with E-state index >= 15 is 0 Å². The van der Waals surface area contributed by atoms with Crippen molar-refractivity contribution in [1.82, 2.24) is 30.2 Å². The van der Waals surface area contributed by atoms with Gasteiger partial charge in [-0.25, -0.2) is 4.98 Å². The predicted molar refractivity (Wildman–Crippen MR) is 72.8 cm³/mol. The first-order chi connectivity index (χ1) is 9.63. The number of hydrogen-bond donors (Lipinski definition) is 1. The SMILES string of the molecule is Cc1nc(CNCc2cnc3c(c2)c(C)nn3C)no1. The number of nitrogens with one attached hydrogen (secondary N) is 1. The van der Waals surface area contributed by atoms with E-state index in [0.29, 0.717) is 24.8 Å². The Labute approximate surface area is 116 Å². The fraction of sp³-hybridized carbons (Fsp3) is 0.385. The first-order valence-electron chi connectivity index (χ1n) is 6.41. The largest absolute Gasteiger partial charge is 0.340 e. The molecule has 3 aromatic heterocycles. The van der Waals surface area contributed by atoms with E-state index in [1.807, 2.05) is 20.2 Å². The molecule has 3 rings (SSSR count). The Balaban J connectivity index is 1.70. The lowest BCUT2D eigenvalue weighted by Gasteiger charge is -2.02. The van der Waals surface area contributed by atoms with E-state index in [9.17, 15) is 0 Å². The van der Waals surface area contributed by atoms with E-state index in [1.165, 1.54) is 0 Å². The van der Waals surface area contributed by atoms with Crippen LogP contribution in [-0.2, 0) is 20.1 Å². The van der Waals surface area contributed by atoms with Crippen molar-refractivity contribution in [3.63, 3.8) is 0 Å². The maximum absolute atomic E-state index is 4.92. The maximum atomic E-state index is 4.92. The van der Waals surface area contributed by atoms with Crippen LogP contribution in [0.4, 0.5) is 0 Å². The summed E-state index contributed by atoms with van der Waals surface area (Å²) in [7, 11) is 1.90. The second-order valence-corrected chi connectivity index (χ2v) is 4.76. The normalized spacial score (nSPS) is 11.3. The van der Waals surface area contributed by atoms with Gasteiger partial charge in [0.05, 0.1) is 12.2 Å².